The first kappa shape index (κ1) is 15.1. The Hall–Kier alpha value is -2.33. The first-order valence-electron chi connectivity index (χ1n) is 7.00. The van der Waals surface area contributed by atoms with E-state index in [0.717, 1.165) is 17.7 Å². The predicted molar refractivity (Wildman–Crippen MR) is 84.4 cm³/mol. The molecule has 0 spiro atoms. The molecule has 0 heterocycles. The van der Waals surface area contributed by atoms with Gasteiger partial charge in [0.1, 0.15) is 5.75 Å². The van der Waals surface area contributed by atoms with Gasteiger partial charge in [-0.3, -0.25) is 4.79 Å². The molecule has 0 aliphatic rings. The maximum Gasteiger partial charge on any atom is 0.265 e. The van der Waals surface area contributed by atoms with Gasteiger partial charge in [-0.2, -0.15) is 0 Å². The Morgan fingerprint density at radius 1 is 1.14 bits per heavy atom. The Bertz CT molecular complexity index is 567. The fourth-order valence-electron chi connectivity index (χ4n) is 1.92. The van der Waals surface area contributed by atoms with Crippen molar-refractivity contribution < 1.29 is 9.53 Å². The summed E-state index contributed by atoms with van der Waals surface area (Å²) in [4.78, 5) is 12.0. The van der Waals surface area contributed by atoms with E-state index >= 15 is 0 Å². The largest absolute Gasteiger partial charge is 0.481 e. The molecule has 2 aromatic rings. The number of para-hydroxylation sites is 1. The lowest BCUT2D eigenvalue weighted by molar-refractivity contribution is -0.122. The van der Waals surface area contributed by atoms with Crippen molar-refractivity contribution >= 4 is 11.6 Å². The van der Waals surface area contributed by atoms with E-state index in [1.165, 1.54) is 0 Å². The van der Waals surface area contributed by atoms with Crippen LogP contribution in [0.3, 0.4) is 0 Å². The zero-order valence-electron chi connectivity index (χ0n) is 12.1. The molecule has 0 radical (unpaired) electrons. The van der Waals surface area contributed by atoms with Gasteiger partial charge >= 0.3 is 0 Å². The van der Waals surface area contributed by atoms with Crippen LogP contribution in [-0.2, 0) is 11.2 Å². The molecule has 0 saturated carbocycles. The van der Waals surface area contributed by atoms with Crippen LogP contribution in [0.4, 0.5) is 5.69 Å². The number of carbonyl (C=O) groups excluding carboxylic acids is 1. The Labute approximate surface area is 124 Å². The summed E-state index contributed by atoms with van der Waals surface area (Å²) in [6.45, 7) is 2.35. The van der Waals surface area contributed by atoms with Crippen LogP contribution in [0.25, 0.3) is 0 Å². The number of ether oxygens (including phenoxy) is 1. The molecule has 110 valence electrons. The quantitative estimate of drug-likeness (QED) is 0.857. The smallest absolute Gasteiger partial charge is 0.265 e. The van der Waals surface area contributed by atoms with Gasteiger partial charge in [-0.15, -0.1) is 0 Å². The van der Waals surface area contributed by atoms with Crippen LogP contribution in [0.1, 0.15) is 12.5 Å². The van der Waals surface area contributed by atoms with Gasteiger partial charge in [0, 0.05) is 5.69 Å². The Morgan fingerprint density at radius 2 is 1.81 bits per heavy atom. The molecule has 21 heavy (non-hydrogen) atoms. The monoisotopic (exact) mass is 284 g/mol. The van der Waals surface area contributed by atoms with Crippen LogP contribution in [0.2, 0.25) is 0 Å². The lowest BCUT2D eigenvalue weighted by Crippen LogP contribution is -2.30. The van der Waals surface area contributed by atoms with Crippen LogP contribution >= 0.6 is 0 Å². The van der Waals surface area contributed by atoms with Crippen molar-refractivity contribution in [1.29, 1.82) is 0 Å². The maximum atomic E-state index is 12.0. The van der Waals surface area contributed by atoms with E-state index in [1.807, 2.05) is 54.6 Å². The molecule has 2 aromatic carbocycles. The summed E-state index contributed by atoms with van der Waals surface area (Å²) in [5.41, 5.74) is 7.43. The molecule has 3 N–H and O–H groups in total. The van der Waals surface area contributed by atoms with Crippen LogP contribution in [0, 0.1) is 0 Å². The summed E-state index contributed by atoms with van der Waals surface area (Å²) >= 11 is 0. The normalized spacial score (nSPS) is 11.7. The van der Waals surface area contributed by atoms with Gasteiger partial charge in [0.15, 0.2) is 6.10 Å². The lowest BCUT2D eigenvalue weighted by atomic mass is 10.1. The van der Waals surface area contributed by atoms with Crippen LogP contribution < -0.4 is 15.8 Å². The molecule has 0 aliphatic heterocycles. The number of nitrogens with two attached hydrogens (primary N) is 1. The second-order valence-corrected chi connectivity index (χ2v) is 4.80. The van der Waals surface area contributed by atoms with E-state index in [4.69, 9.17) is 10.5 Å². The number of nitrogens with one attached hydrogen (secondary N) is 1. The second kappa shape index (κ2) is 7.45. The molecule has 2 rings (SSSR count). The van der Waals surface area contributed by atoms with E-state index in [0.29, 0.717) is 12.3 Å². The van der Waals surface area contributed by atoms with Gasteiger partial charge < -0.3 is 15.8 Å². The van der Waals surface area contributed by atoms with Crippen molar-refractivity contribution in [3.63, 3.8) is 0 Å². The third-order valence-corrected chi connectivity index (χ3v) is 3.08. The zero-order chi connectivity index (χ0) is 15.1. The van der Waals surface area contributed by atoms with Crippen LogP contribution in [0.5, 0.6) is 5.75 Å². The molecule has 1 atom stereocenters. The van der Waals surface area contributed by atoms with Gasteiger partial charge in [0.25, 0.3) is 5.91 Å². The molecular weight excluding hydrogens is 264 g/mol. The van der Waals surface area contributed by atoms with Gasteiger partial charge in [-0.05, 0) is 49.7 Å². The van der Waals surface area contributed by atoms with E-state index in [1.54, 1.807) is 6.92 Å². The van der Waals surface area contributed by atoms with Crippen molar-refractivity contribution in [2.45, 2.75) is 19.4 Å². The lowest BCUT2D eigenvalue weighted by Gasteiger charge is -2.15. The minimum Gasteiger partial charge on any atom is -0.481 e. The minimum absolute atomic E-state index is 0.174. The van der Waals surface area contributed by atoms with E-state index < -0.39 is 6.10 Å². The number of hydrogen-bond donors (Lipinski definition) is 2. The summed E-state index contributed by atoms with van der Waals surface area (Å²) < 4.78 is 5.64. The van der Waals surface area contributed by atoms with Gasteiger partial charge in [-0.1, -0.05) is 30.3 Å². The summed E-state index contributed by atoms with van der Waals surface area (Å²) in [5, 5.41) is 2.81. The first-order valence-corrected chi connectivity index (χ1v) is 7.00. The Kier molecular flexibility index (Phi) is 5.35. The molecule has 4 nitrogen and oxygen atoms in total. The number of amides is 1. The maximum absolute atomic E-state index is 12.0. The highest BCUT2D eigenvalue weighted by molar-refractivity contribution is 5.94. The summed E-state index contributed by atoms with van der Waals surface area (Å²) in [5.74, 6) is 0.499. The first-order chi connectivity index (χ1) is 10.2. The highest BCUT2D eigenvalue weighted by Crippen LogP contribution is 2.15. The third kappa shape index (κ3) is 4.61. The zero-order valence-corrected chi connectivity index (χ0v) is 12.1. The Morgan fingerprint density at radius 3 is 2.43 bits per heavy atom. The van der Waals surface area contributed by atoms with Crippen molar-refractivity contribution in [3.8, 4) is 5.75 Å². The molecule has 0 aliphatic carbocycles. The summed E-state index contributed by atoms with van der Waals surface area (Å²) in [7, 11) is 0. The average molecular weight is 284 g/mol. The molecule has 4 heteroatoms. The van der Waals surface area contributed by atoms with Crippen molar-refractivity contribution in [1.82, 2.24) is 0 Å². The van der Waals surface area contributed by atoms with E-state index in [9.17, 15) is 4.79 Å². The average Bonchev–Trinajstić information content (AvgIpc) is 2.50. The molecule has 0 aromatic heterocycles. The molecule has 1 unspecified atom stereocenters. The fraction of sp³-hybridized carbons (Fsp3) is 0.235. The standard InChI is InChI=1S/C17H20N2O2/c1-13(17(20)19-15-5-3-2-4-6-15)21-16-9-7-14(8-10-16)11-12-18/h2-10,13H,11-12,18H2,1H3,(H,19,20). The van der Waals surface area contributed by atoms with Gasteiger partial charge in [0.2, 0.25) is 0 Å². The molecule has 1 amide bonds. The molecule has 0 fully saturated rings. The van der Waals surface area contributed by atoms with E-state index in [2.05, 4.69) is 5.32 Å². The number of hydrogen-bond acceptors (Lipinski definition) is 3. The fourth-order valence-corrected chi connectivity index (χ4v) is 1.92. The number of rotatable bonds is 6. The highest BCUT2D eigenvalue weighted by atomic mass is 16.5. The van der Waals surface area contributed by atoms with Crippen molar-refractivity contribution in [3.05, 3.63) is 60.2 Å². The minimum atomic E-state index is -0.564. The van der Waals surface area contributed by atoms with Crippen molar-refractivity contribution in [2.24, 2.45) is 5.73 Å². The molecular formula is C17H20N2O2. The SMILES string of the molecule is CC(Oc1ccc(CCN)cc1)C(=O)Nc1ccccc1. The Balaban J connectivity index is 1.91. The van der Waals surface area contributed by atoms with Crippen LogP contribution in [0.15, 0.2) is 54.6 Å². The summed E-state index contributed by atoms with van der Waals surface area (Å²) in [6, 6.07) is 17.0. The predicted octanol–water partition coefficient (Wildman–Crippen LogP) is 2.59. The molecule has 0 bridgehead atoms. The summed E-state index contributed by atoms with van der Waals surface area (Å²) in [6.07, 6.45) is 0.273. The molecule has 0 saturated heterocycles. The topological polar surface area (TPSA) is 64.3 Å². The van der Waals surface area contributed by atoms with Gasteiger partial charge in [0.05, 0.1) is 0 Å². The third-order valence-electron chi connectivity index (χ3n) is 3.08. The second-order valence-electron chi connectivity index (χ2n) is 4.80. The number of benzene rings is 2. The van der Waals surface area contributed by atoms with E-state index in [-0.39, 0.29) is 5.91 Å². The number of anilines is 1. The van der Waals surface area contributed by atoms with Crippen molar-refractivity contribution in [2.75, 3.05) is 11.9 Å². The number of carbonyl (C=O) groups is 1. The highest BCUT2D eigenvalue weighted by Gasteiger charge is 2.14. The van der Waals surface area contributed by atoms with Gasteiger partial charge in [-0.25, -0.2) is 0 Å². The van der Waals surface area contributed by atoms with Crippen LogP contribution in [-0.4, -0.2) is 18.6 Å².